The molecule has 0 bridgehead atoms. The van der Waals surface area contributed by atoms with E-state index in [0.29, 0.717) is 12.2 Å². The molecule has 0 amide bonds. The summed E-state index contributed by atoms with van der Waals surface area (Å²) in [4.78, 5) is 21.6. The molecule has 0 aromatic rings. The highest BCUT2D eigenvalue weighted by Gasteiger charge is 2.25. The van der Waals surface area contributed by atoms with Gasteiger partial charge >= 0.3 is 11.9 Å². The van der Waals surface area contributed by atoms with Crippen molar-refractivity contribution in [3.8, 4) is 0 Å². The fourth-order valence-corrected chi connectivity index (χ4v) is 1.54. The third-order valence-electron chi connectivity index (χ3n) is 2.07. The molecule has 8 heteroatoms. The predicted octanol–water partition coefficient (Wildman–Crippen LogP) is -0.879. The first-order valence-electron chi connectivity index (χ1n) is 5.03. The van der Waals surface area contributed by atoms with Crippen LogP contribution in [0.4, 0.5) is 0 Å². The lowest BCUT2D eigenvalue weighted by Gasteiger charge is -2.21. The molecule has 17 heavy (non-hydrogen) atoms. The van der Waals surface area contributed by atoms with Gasteiger partial charge in [0, 0.05) is 0 Å². The molecular formula is C9H18N2O5S. The molecule has 5 N–H and O–H groups in total. The zero-order valence-corrected chi connectivity index (χ0v) is 10.5. The van der Waals surface area contributed by atoms with Gasteiger partial charge in [-0.05, 0) is 25.4 Å². The molecule has 0 saturated carbocycles. The number of carboxylic acid groups (broad SMARTS) is 2. The quantitative estimate of drug-likeness (QED) is 0.341. The maximum absolute atomic E-state index is 10.8. The monoisotopic (exact) mass is 266 g/mol. The minimum absolute atomic E-state index is 0.357. The van der Waals surface area contributed by atoms with Crippen molar-refractivity contribution in [2.24, 2.45) is 0 Å². The van der Waals surface area contributed by atoms with Crippen molar-refractivity contribution in [1.82, 2.24) is 10.9 Å². The van der Waals surface area contributed by atoms with Gasteiger partial charge < -0.3 is 15.3 Å². The number of rotatable bonds is 9. The third-order valence-corrected chi connectivity index (χ3v) is 2.71. The van der Waals surface area contributed by atoms with Crippen molar-refractivity contribution < 1.29 is 24.9 Å². The molecule has 7 nitrogen and oxygen atoms in total. The molecule has 0 saturated heterocycles. The molecule has 0 aromatic carbocycles. The topological polar surface area (TPSA) is 119 Å². The van der Waals surface area contributed by atoms with E-state index in [9.17, 15) is 14.7 Å². The summed E-state index contributed by atoms with van der Waals surface area (Å²) >= 11 is 1.50. The largest absolute Gasteiger partial charge is 0.480 e. The van der Waals surface area contributed by atoms with Gasteiger partial charge in [0.2, 0.25) is 0 Å². The van der Waals surface area contributed by atoms with Gasteiger partial charge in [-0.25, -0.2) is 10.9 Å². The Hall–Kier alpha value is -0.830. The maximum Gasteiger partial charge on any atom is 0.324 e. The van der Waals surface area contributed by atoms with Crippen molar-refractivity contribution in [3.63, 3.8) is 0 Å². The van der Waals surface area contributed by atoms with Crippen LogP contribution >= 0.6 is 11.8 Å². The van der Waals surface area contributed by atoms with Crippen molar-refractivity contribution in [2.75, 3.05) is 12.0 Å². The van der Waals surface area contributed by atoms with Gasteiger partial charge in [0.05, 0.1) is 6.10 Å². The van der Waals surface area contributed by atoms with Crippen LogP contribution in [0.15, 0.2) is 0 Å². The highest BCUT2D eigenvalue weighted by molar-refractivity contribution is 7.98. The molecule has 3 atom stereocenters. The summed E-state index contributed by atoms with van der Waals surface area (Å²) < 4.78 is 0. The van der Waals surface area contributed by atoms with Crippen LogP contribution in [0, 0.1) is 0 Å². The summed E-state index contributed by atoms with van der Waals surface area (Å²) in [5, 5.41) is 26.8. The Morgan fingerprint density at radius 2 is 1.82 bits per heavy atom. The normalized spacial score (nSPS) is 16.2. The average Bonchev–Trinajstić information content (AvgIpc) is 2.21. The SMILES string of the molecule is CSCC[C@H](NN[C@H](C(=O)O)[C@@H](C)O)C(=O)O. The Bertz CT molecular complexity index is 262. The number of aliphatic hydroxyl groups is 1. The Morgan fingerprint density at radius 3 is 2.18 bits per heavy atom. The molecule has 0 fully saturated rings. The first-order valence-corrected chi connectivity index (χ1v) is 6.43. The van der Waals surface area contributed by atoms with Crippen molar-refractivity contribution >= 4 is 23.7 Å². The van der Waals surface area contributed by atoms with E-state index >= 15 is 0 Å². The van der Waals surface area contributed by atoms with Crippen LogP contribution in [0.2, 0.25) is 0 Å². The van der Waals surface area contributed by atoms with Gasteiger partial charge in [-0.1, -0.05) is 0 Å². The van der Waals surface area contributed by atoms with Crippen LogP contribution in [0.5, 0.6) is 0 Å². The van der Waals surface area contributed by atoms with Gasteiger partial charge in [0.1, 0.15) is 12.1 Å². The number of hydrogen-bond donors (Lipinski definition) is 5. The van der Waals surface area contributed by atoms with Crippen LogP contribution in [0.1, 0.15) is 13.3 Å². The minimum atomic E-state index is -1.25. The fraction of sp³-hybridized carbons (Fsp3) is 0.778. The average molecular weight is 266 g/mol. The van der Waals surface area contributed by atoms with Crippen LogP contribution in [-0.2, 0) is 9.59 Å². The Balaban J connectivity index is 4.26. The zero-order valence-electron chi connectivity index (χ0n) is 9.71. The molecule has 0 aliphatic rings. The van der Waals surface area contributed by atoms with E-state index in [-0.39, 0.29) is 0 Å². The first-order chi connectivity index (χ1) is 7.90. The second-order valence-electron chi connectivity index (χ2n) is 3.52. The summed E-state index contributed by atoms with van der Waals surface area (Å²) in [6.07, 6.45) is 1.08. The number of aliphatic carboxylic acids is 2. The number of carboxylic acids is 2. The second-order valence-corrected chi connectivity index (χ2v) is 4.50. The number of nitrogens with one attached hydrogen (secondary N) is 2. The number of carbonyl (C=O) groups is 2. The molecule has 0 heterocycles. The van der Waals surface area contributed by atoms with Gasteiger partial charge in [-0.15, -0.1) is 0 Å². The fourth-order valence-electron chi connectivity index (χ4n) is 1.07. The Kier molecular flexibility index (Phi) is 7.88. The van der Waals surface area contributed by atoms with Crippen LogP contribution in [0.3, 0.4) is 0 Å². The van der Waals surface area contributed by atoms with E-state index in [1.165, 1.54) is 18.7 Å². The summed E-state index contributed by atoms with van der Waals surface area (Å²) in [5.74, 6) is -1.68. The highest BCUT2D eigenvalue weighted by atomic mass is 32.2. The van der Waals surface area contributed by atoms with E-state index < -0.39 is 30.1 Å². The van der Waals surface area contributed by atoms with Gasteiger partial charge in [-0.3, -0.25) is 9.59 Å². The molecule has 100 valence electrons. The van der Waals surface area contributed by atoms with Crippen molar-refractivity contribution in [3.05, 3.63) is 0 Å². The zero-order chi connectivity index (χ0) is 13.4. The summed E-state index contributed by atoms with van der Waals surface area (Å²) in [6, 6.07) is -2.13. The smallest absolute Gasteiger partial charge is 0.324 e. The Morgan fingerprint density at radius 1 is 1.24 bits per heavy atom. The van der Waals surface area contributed by atoms with Crippen LogP contribution < -0.4 is 10.9 Å². The van der Waals surface area contributed by atoms with Gasteiger partial charge in [0.15, 0.2) is 0 Å². The molecule has 0 unspecified atom stereocenters. The lowest BCUT2D eigenvalue weighted by molar-refractivity contribution is -0.145. The molecule has 0 radical (unpaired) electrons. The second kappa shape index (κ2) is 8.29. The van der Waals surface area contributed by atoms with E-state index in [2.05, 4.69) is 10.9 Å². The predicted molar refractivity (Wildman–Crippen MR) is 63.8 cm³/mol. The van der Waals surface area contributed by atoms with Crippen LogP contribution in [-0.4, -0.2) is 57.5 Å². The number of aliphatic hydroxyl groups excluding tert-OH is 1. The number of thioether (sulfide) groups is 1. The molecule has 0 aromatic heterocycles. The Labute approximate surface area is 104 Å². The maximum atomic E-state index is 10.8. The lowest BCUT2D eigenvalue weighted by atomic mass is 10.2. The molecule has 0 aliphatic carbocycles. The minimum Gasteiger partial charge on any atom is -0.480 e. The van der Waals surface area contributed by atoms with E-state index in [4.69, 9.17) is 10.2 Å². The van der Waals surface area contributed by atoms with E-state index in [1.807, 2.05) is 6.26 Å². The van der Waals surface area contributed by atoms with Crippen LogP contribution in [0.25, 0.3) is 0 Å². The van der Waals surface area contributed by atoms with E-state index in [0.717, 1.165) is 0 Å². The molecule has 0 spiro atoms. The molecule has 0 aliphatic heterocycles. The highest BCUT2D eigenvalue weighted by Crippen LogP contribution is 2.01. The lowest BCUT2D eigenvalue weighted by Crippen LogP contribution is -2.56. The molecule has 0 rings (SSSR count). The standard InChI is InChI=1S/C9H18N2O5S/c1-5(12)7(9(15)16)11-10-6(8(13)14)3-4-17-2/h5-7,10-12H,3-4H2,1-2H3,(H,13,14)(H,15,16)/t5-,6+,7+/m1/s1. The van der Waals surface area contributed by atoms with Crippen molar-refractivity contribution in [1.29, 1.82) is 0 Å². The van der Waals surface area contributed by atoms with Gasteiger partial charge in [0.25, 0.3) is 0 Å². The molecular weight excluding hydrogens is 248 g/mol. The summed E-state index contributed by atoms with van der Waals surface area (Å²) in [5.41, 5.74) is 4.73. The van der Waals surface area contributed by atoms with Crippen molar-refractivity contribution in [2.45, 2.75) is 31.5 Å². The summed E-state index contributed by atoms with van der Waals surface area (Å²) in [6.45, 7) is 1.31. The van der Waals surface area contributed by atoms with Gasteiger partial charge in [-0.2, -0.15) is 11.8 Å². The number of hydrogen-bond acceptors (Lipinski definition) is 6. The summed E-state index contributed by atoms with van der Waals surface area (Å²) in [7, 11) is 0. The first kappa shape index (κ1) is 16.2. The number of hydrazine groups is 1. The third kappa shape index (κ3) is 6.47. The van der Waals surface area contributed by atoms with E-state index in [1.54, 1.807) is 0 Å².